The van der Waals surface area contributed by atoms with Crippen LogP contribution >= 0.6 is 15.9 Å². The molecule has 1 aromatic carbocycles. The van der Waals surface area contributed by atoms with Crippen LogP contribution in [0, 0.1) is 5.92 Å². The molecule has 1 unspecified atom stereocenters. The van der Waals surface area contributed by atoms with Gasteiger partial charge in [-0.15, -0.1) is 0 Å². The van der Waals surface area contributed by atoms with Crippen LogP contribution in [0.5, 0.6) is 0 Å². The maximum absolute atomic E-state index is 11.2. The molecule has 0 bridgehead atoms. The van der Waals surface area contributed by atoms with Gasteiger partial charge in [-0.3, -0.25) is 4.79 Å². The highest BCUT2D eigenvalue weighted by atomic mass is 79.9. The van der Waals surface area contributed by atoms with Crippen LogP contribution in [0.4, 0.5) is 5.69 Å². The lowest BCUT2D eigenvalue weighted by atomic mass is 10.1. The molecule has 0 spiro atoms. The molecule has 98 valence electrons. The van der Waals surface area contributed by atoms with E-state index in [1.807, 2.05) is 18.2 Å². The molecule has 0 aromatic heterocycles. The lowest BCUT2D eigenvalue weighted by molar-refractivity contribution is -0.121. The zero-order valence-corrected chi connectivity index (χ0v) is 11.9. The quantitative estimate of drug-likeness (QED) is 0.894. The lowest BCUT2D eigenvalue weighted by Crippen LogP contribution is -2.27. The van der Waals surface area contributed by atoms with Crippen LogP contribution in [-0.2, 0) is 4.79 Å². The second-order valence-electron chi connectivity index (χ2n) is 4.72. The van der Waals surface area contributed by atoms with Gasteiger partial charge in [0.25, 0.3) is 0 Å². The number of nitrogens with two attached hydrogens (primary N) is 1. The molecule has 1 saturated heterocycles. The molecular formula is C13H17BrN2O2. The number of aliphatic hydroxyl groups is 1. The maximum atomic E-state index is 11.2. The van der Waals surface area contributed by atoms with Crippen molar-refractivity contribution in [1.29, 1.82) is 0 Å². The number of nitrogens with zero attached hydrogens (tertiary/aromatic N) is 1. The van der Waals surface area contributed by atoms with Gasteiger partial charge < -0.3 is 15.7 Å². The van der Waals surface area contributed by atoms with Crippen LogP contribution in [0.15, 0.2) is 22.7 Å². The average molecular weight is 313 g/mol. The van der Waals surface area contributed by atoms with E-state index in [4.69, 9.17) is 5.73 Å². The van der Waals surface area contributed by atoms with Crippen LogP contribution in [-0.4, -0.2) is 24.1 Å². The first-order chi connectivity index (χ1) is 8.49. The van der Waals surface area contributed by atoms with E-state index in [9.17, 15) is 9.90 Å². The van der Waals surface area contributed by atoms with Crippen molar-refractivity contribution in [3.8, 4) is 0 Å². The zero-order chi connectivity index (χ0) is 13.3. The average Bonchev–Trinajstić information content (AvgIpc) is 2.78. The molecule has 1 aromatic rings. The summed E-state index contributed by atoms with van der Waals surface area (Å²) in [5.74, 6) is -0.289. The molecular weight excluding hydrogens is 296 g/mol. The van der Waals surface area contributed by atoms with Gasteiger partial charge in [-0.1, -0.05) is 6.07 Å². The third kappa shape index (κ3) is 2.67. The summed E-state index contributed by atoms with van der Waals surface area (Å²) in [6.07, 6.45) is 0.326. The molecule has 1 fully saturated rings. The van der Waals surface area contributed by atoms with Crippen molar-refractivity contribution in [3.05, 3.63) is 28.2 Å². The van der Waals surface area contributed by atoms with Crippen molar-refractivity contribution in [2.75, 3.05) is 18.0 Å². The number of carbonyl (C=O) groups excluding carboxylic acids is 1. The number of rotatable bonds is 3. The molecule has 0 radical (unpaired) electrons. The van der Waals surface area contributed by atoms with Crippen molar-refractivity contribution in [2.24, 2.45) is 11.7 Å². The number of anilines is 1. The first-order valence-corrected chi connectivity index (χ1v) is 6.80. The maximum Gasteiger partial charge on any atom is 0.222 e. The number of halogens is 1. The number of aliphatic hydroxyl groups excluding tert-OH is 1. The molecule has 1 heterocycles. The Bertz CT molecular complexity index is 462. The summed E-state index contributed by atoms with van der Waals surface area (Å²) >= 11 is 3.51. The normalized spacial score (nSPS) is 21.1. The Morgan fingerprint density at radius 2 is 2.33 bits per heavy atom. The molecule has 18 heavy (non-hydrogen) atoms. The molecule has 1 aliphatic rings. The third-order valence-corrected chi connectivity index (χ3v) is 4.02. The van der Waals surface area contributed by atoms with Gasteiger partial charge in [-0.05, 0) is 47.0 Å². The van der Waals surface area contributed by atoms with Gasteiger partial charge in [0.05, 0.1) is 17.7 Å². The van der Waals surface area contributed by atoms with Crippen molar-refractivity contribution in [1.82, 2.24) is 0 Å². The Balaban J connectivity index is 2.17. The highest BCUT2D eigenvalue weighted by molar-refractivity contribution is 9.10. The van der Waals surface area contributed by atoms with E-state index >= 15 is 0 Å². The summed E-state index contributed by atoms with van der Waals surface area (Å²) in [5.41, 5.74) is 7.25. The predicted octanol–water partition coefficient (Wildman–Crippen LogP) is 1.81. The minimum absolute atomic E-state index is 0.0617. The second kappa shape index (κ2) is 5.28. The van der Waals surface area contributed by atoms with Crippen LogP contribution in [0.1, 0.15) is 25.0 Å². The molecule has 2 rings (SSSR count). The van der Waals surface area contributed by atoms with E-state index < -0.39 is 6.10 Å². The van der Waals surface area contributed by atoms with Crippen LogP contribution in [0.25, 0.3) is 0 Å². The van der Waals surface area contributed by atoms with E-state index in [1.54, 1.807) is 6.92 Å². The zero-order valence-electron chi connectivity index (χ0n) is 10.3. The Morgan fingerprint density at radius 3 is 2.83 bits per heavy atom. The number of hydrogen-bond acceptors (Lipinski definition) is 3. The largest absolute Gasteiger partial charge is 0.389 e. The van der Waals surface area contributed by atoms with E-state index in [1.165, 1.54) is 0 Å². The summed E-state index contributed by atoms with van der Waals surface area (Å²) in [6.45, 7) is 3.24. The minimum Gasteiger partial charge on any atom is -0.389 e. The number of hydrogen-bond donors (Lipinski definition) is 2. The fraction of sp³-hybridized carbons (Fsp3) is 0.462. The first-order valence-electron chi connectivity index (χ1n) is 6.01. The smallest absolute Gasteiger partial charge is 0.222 e. The molecule has 0 saturated carbocycles. The molecule has 2 atom stereocenters. The molecule has 1 amide bonds. The van der Waals surface area contributed by atoms with Crippen LogP contribution in [0.3, 0.4) is 0 Å². The highest BCUT2D eigenvalue weighted by Gasteiger charge is 2.27. The summed E-state index contributed by atoms with van der Waals surface area (Å²) < 4.78 is 0.936. The predicted molar refractivity (Wildman–Crippen MR) is 74.3 cm³/mol. The van der Waals surface area contributed by atoms with Gasteiger partial charge in [-0.25, -0.2) is 0 Å². The van der Waals surface area contributed by atoms with Crippen molar-refractivity contribution in [3.63, 3.8) is 0 Å². The number of amides is 1. The fourth-order valence-electron chi connectivity index (χ4n) is 2.25. The van der Waals surface area contributed by atoms with Crippen molar-refractivity contribution in [2.45, 2.75) is 19.4 Å². The van der Waals surface area contributed by atoms with Gasteiger partial charge in [-0.2, -0.15) is 0 Å². The molecule has 0 aliphatic carbocycles. The summed E-state index contributed by atoms with van der Waals surface area (Å²) in [4.78, 5) is 13.3. The van der Waals surface area contributed by atoms with Gasteiger partial charge in [0.15, 0.2) is 0 Å². The molecule has 1 aliphatic heterocycles. The number of carbonyl (C=O) groups is 1. The number of primary amides is 1. The third-order valence-electron chi connectivity index (χ3n) is 3.39. The second-order valence-corrected chi connectivity index (χ2v) is 5.58. The summed E-state index contributed by atoms with van der Waals surface area (Å²) in [7, 11) is 0. The van der Waals surface area contributed by atoms with Crippen molar-refractivity contribution >= 4 is 27.5 Å². The Labute approximate surface area is 115 Å². The van der Waals surface area contributed by atoms with E-state index in [0.29, 0.717) is 6.54 Å². The van der Waals surface area contributed by atoms with Gasteiger partial charge in [0.2, 0.25) is 5.91 Å². The summed E-state index contributed by atoms with van der Waals surface area (Å²) in [5, 5.41) is 9.52. The van der Waals surface area contributed by atoms with Crippen LogP contribution < -0.4 is 10.6 Å². The standard InChI is InChI=1S/C13H17BrN2O2/c1-8(17)9-2-3-12(11(14)6-9)16-5-4-10(7-16)13(15)18/h2-3,6,8,10,17H,4-5,7H2,1H3,(H2,15,18)/t8-,10?/m0/s1. The Hall–Kier alpha value is -1.07. The van der Waals surface area contributed by atoms with E-state index in [2.05, 4.69) is 20.8 Å². The SMILES string of the molecule is C[C@H](O)c1ccc(N2CCC(C(N)=O)C2)c(Br)c1. The molecule has 3 N–H and O–H groups in total. The Kier molecular flexibility index (Phi) is 3.92. The number of benzene rings is 1. The molecule has 5 heteroatoms. The monoisotopic (exact) mass is 312 g/mol. The summed E-state index contributed by atoms with van der Waals surface area (Å²) in [6, 6.07) is 5.79. The Morgan fingerprint density at radius 1 is 1.61 bits per heavy atom. The first kappa shape index (κ1) is 13.4. The topological polar surface area (TPSA) is 66.6 Å². The minimum atomic E-state index is -0.479. The van der Waals surface area contributed by atoms with Gasteiger partial charge in [0, 0.05) is 17.6 Å². The fourth-order valence-corrected chi connectivity index (χ4v) is 2.90. The van der Waals surface area contributed by atoms with Gasteiger partial charge >= 0.3 is 0 Å². The highest BCUT2D eigenvalue weighted by Crippen LogP contribution is 2.32. The van der Waals surface area contributed by atoms with Crippen LogP contribution in [0.2, 0.25) is 0 Å². The van der Waals surface area contributed by atoms with E-state index in [0.717, 1.165) is 28.7 Å². The van der Waals surface area contributed by atoms with E-state index in [-0.39, 0.29) is 11.8 Å². The lowest BCUT2D eigenvalue weighted by Gasteiger charge is -2.20. The van der Waals surface area contributed by atoms with Gasteiger partial charge in [0.1, 0.15) is 0 Å². The molecule has 4 nitrogen and oxygen atoms in total. The van der Waals surface area contributed by atoms with Crippen molar-refractivity contribution < 1.29 is 9.90 Å².